The van der Waals surface area contributed by atoms with Gasteiger partial charge in [0.25, 0.3) is 5.91 Å². The molecule has 0 aliphatic rings. The summed E-state index contributed by atoms with van der Waals surface area (Å²) in [6.07, 6.45) is 3.11. The van der Waals surface area contributed by atoms with E-state index in [2.05, 4.69) is 21.2 Å². The summed E-state index contributed by atoms with van der Waals surface area (Å²) >= 11 is 0. The molecule has 8 nitrogen and oxygen atoms in total. The number of carbonyl (C=O) groups excluding carboxylic acids is 3. The number of carbonyl (C=O) groups is 3. The number of nitrogens with one attached hydrogen (secondary N) is 3. The molecule has 0 radical (unpaired) electrons. The normalized spacial score (nSPS) is 10.5. The minimum Gasteiger partial charge on any atom is -0.484 e. The minimum absolute atomic E-state index is 0.150. The van der Waals surface area contributed by atoms with Crippen molar-refractivity contribution in [2.45, 2.75) is 26.7 Å². The van der Waals surface area contributed by atoms with E-state index in [1.807, 2.05) is 32.0 Å². The second-order valence-corrected chi connectivity index (χ2v) is 6.59. The van der Waals surface area contributed by atoms with Gasteiger partial charge in [0, 0.05) is 12.2 Å². The molecular weight excluding hydrogens is 384 g/mol. The average molecular weight is 410 g/mol. The molecule has 158 valence electrons. The van der Waals surface area contributed by atoms with Crippen LogP contribution in [0.25, 0.3) is 0 Å². The monoisotopic (exact) mass is 410 g/mol. The van der Waals surface area contributed by atoms with Crippen LogP contribution in [0.1, 0.15) is 30.9 Å². The fourth-order valence-electron chi connectivity index (χ4n) is 2.43. The molecule has 30 heavy (non-hydrogen) atoms. The van der Waals surface area contributed by atoms with Crippen LogP contribution in [0.3, 0.4) is 0 Å². The Labute approximate surface area is 175 Å². The Hall–Kier alpha value is -3.68. The van der Waals surface area contributed by atoms with Crippen molar-refractivity contribution < 1.29 is 19.1 Å². The summed E-state index contributed by atoms with van der Waals surface area (Å²) in [5.74, 6) is -1.36. The first-order valence-electron chi connectivity index (χ1n) is 9.68. The highest BCUT2D eigenvalue weighted by Gasteiger charge is 2.11. The lowest BCUT2D eigenvalue weighted by atomic mass is 10.2. The van der Waals surface area contributed by atoms with E-state index in [-0.39, 0.29) is 12.5 Å². The predicted molar refractivity (Wildman–Crippen MR) is 115 cm³/mol. The Morgan fingerprint density at radius 1 is 1.07 bits per heavy atom. The molecule has 0 spiro atoms. The van der Waals surface area contributed by atoms with E-state index in [0.717, 1.165) is 18.4 Å². The van der Waals surface area contributed by atoms with Crippen LogP contribution in [-0.2, 0) is 14.4 Å². The number of aryl methyl sites for hydroxylation is 1. The number of hydrogen-bond acceptors (Lipinski definition) is 5. The maximum atomic E-state index is 12.0. The van der Waals surface area contributed by atoms with Crippen LogP contribution in [0.4, 0.5) is 5.69 Å². The van der Waals surface area contributed by atoms with Crippen molar-refractivity contribution in [2.75, 3.05) is 18.5 Å². The third kappa shape index (κ3) is 8.14. The van der Waals surface area contributed by atoms with Gasteiger partial charge in [-0.25, -0.2) is 5.43 Å². The second-order valence-electron chi connectivity index (χ2n) is 6.59. The van der Waals surface area contributed by atoms with Gasteiger partial charge in [-0.05, 0) is 48.7 Å². The third-order valence-corrected chi connectivity index (χ3v) is 3.93. The standard InChI is InChI=1S/C22H26N4O4/c1-3-4-11-23-21(28)22(29)26-24-14-17-8-6-10-19(13-17)30-15-20(27)25-18-9-5-7-16(2)12-18/h5-10,12-14H,3-4,11,15H2,1-2H3,(H,23,28)(H,25,27)(H,26,29)/b24-14-. The van der Waals surface area contributed by atoms with Crippen molar-refractivity contribution >= 4 is 29.6 Å². The summed E-state index contributed by atoms with van der Waals surface area (Å²) in [7, 11) is 0. The van der Waals surface area contributed by atoms with E-state index < -0.39 is 11.8 Å². The van der Waals surface area contributed by atoms with E-state index in [1.54, 1.807) is 30.3 Å². The van der Waals surface area contributed by atoms with E-state index in [9.17, 15) is 14.4 Å². The van der Waals surface area contributed by atoms with E-state index in [1.165, 1.54) is 6.21 Å². The van der Waals surface area contributed by atoms with Crippen LogP contribution >= 0.6 is 0 Å². The lowest BCUT2D eigenvalue weighted by Crippen LogP contribution is -2.38. The topological polar surface area (TPSA) is 109 Å². The minimum atomic E-state index is -0.831. The highest BCUT2D eigenvalue weighted by Crippen LogP contribution is 2.13. The van der Waals surface area contributed by atoms with Crippen molar-refractivity contribution in [3.63, 3.8) is 0 Å². The number of rotatable bonds is 9. The zero-order valence-corrected chi connectivity index (χ0v) is 17.1. The predicted octanol–water partition coefficient (Wildman–Crippen LogP) is 2.38. The van der Waals surface area contributed by atoms with Gasteiger partial charge in [-0.3, -0.25) is 14.4 Å². The number of amides is 3. The molecule has 2 aromatic carbocycles. The van der Waals surface area contributed by atoms with Crippen LogP contribution in [0.5, 0.6) is 5.75 Å². The van der Waals surface area contributed by atoms with Gasteiger partial charge in [0.05, 0.1) is 6.21 Å². The molecule has 0 atom stereocenters. The Morgan fingerprint density at radius 2 is 1.87 bits per heavy atom. The second kappa shape index (κ2) is 12.0. The van der Waals surface area contributed by atoms with Gasteiger partial charge >= 0.3 is 11.8 Å². The summed E-state index contributed by atoms with van der Waals surface area (Å²) in [4.78, 5) is 35.2. The number of benzene rings is 2. The van der Waals surface area contributed by atoms with Gasteiger partial charge in [-0.15, -0.1) is 0 Å². The van der Waals surface area contributed by atoms with Crippen molar-refractivity contribution in [1.82, 2.24) is 10.7 Å². The quantitative estimate of drug-likeness (QED) is 0.255. The molecule has 0 aliphatic carbocycles. The first-order chi connectivity index (χ1) is 14.5. The highest BCUT2D eigenvalue weighted by molar-refractivity contribution is 6.35. The molecule has 2 aromatic rings. The molecule has 0 aromatic heterocycles. The number of ether oxygens (including phenoxy) is 1. The number of unbranched alkanes of at least 4 members (excludes halogenated alkanes) is 1. The molecular formula is C22H26N4O4. The zero-order chi connectivity index (χ0) is 21.8. The summed E-state index contributed by atoms with van der Waals surface area (Å²) in [6.45, 7) is 4.23. The maximum Gasteiger partial charge on any atom is 0.329 e. The molecule has 3 amide bonds. The SMILES string of the molecule is CCCCNC(=O)C(=O)N/N=C\c1cccc(OCC(=O)Nc2cccc(C)c2)c1. The molecule has 8 heteroatoms. The molecule has 3 N–H and O–H groups in total. The lowest BCUT2D eigenvalue weighted by Gasteiger charge is -2.08. The maximum absolute atomic E-state index is 12.0. The first kappa shape index (κ1) is 22.6. The first-order valence-corrected chi connectivity index (χ1v) is 9.68. The van der Waals surface area contributed by atoms with Gasteiger partial charge in [0.15, 0.2) is 6.61 Å². The van der Waals surface area contributed by atoms with Crippen LogP contribution in [0.2, 0.25) is 0 Å². The van der Waals surface area contributed by atoms with Crippen LogP contribution in [0, 0.1) is 6.92 Å². The number of anilines is 1. The molecule has 0 heterocycles. The fourth-order valence-corrected chi connectivity index (χ4v) is 2.43. The van der Waals surface area contributed by atoms with E-state index >= 15 is 0 Å². The number of nitrogens with zero attached hydrogens (tertiary/aromatic N) is 1. The molecule has 2 rings (SSSR count). The summed E-state index contributed by atoms with van der Waals surface area (Å²) in [6, 6.07) is 14.3. The average Bonchev–Trinajstić information content (AvgIpc) is 2.72. The fraction of sp³-hybridized carbons (Fsp3) is 0.273. The van der Waals surface area contributed by atoms with Crippen molar-refractivity contribution in [2.24, 2.45) is 5.10 Å². The summed E-state index contributed by atoms with van der Waals surface area (Å²) < 4.78 is 5.51. The number of hydrogen-bond donors (Lipinski definition) is 3. The van der Waals surface area contributed by atoms with Gasteiger partial charge < -0.3 is 15.4 Å². The van der Waals surface area contributed by atoms with Gasteiger partial charge in [0.2, 0.25) is 0 Å². The summed E-state index contributed by atoms with van der Waals surface area (Å²) in [5.41, 5.74) is 4.56. The van der Waals surface area contributed by atoms with Crippen LogP contribution in [0.15, 0.2) is 53.6 Å². The van der Waals surface area contributed by atoms with Crippen molar-refractivity contribution in [3.8, 4) is 5.75 Å². The van der Waals surface area contributed by atoms with Crippen LogP contribution < -0.4 is 20.8 Å². The molecule has 0 saturated carbocycles. The van der Waals surface area contributed by atoms with Gasteiger partial charge in [-0.1, -0.05) is 37.6 Å². The highest BCUT2D eigenvalue weighted by atomic mass is 16.5. The largest absolute Gasteiger partial charge is 0.484 e. The lowest BCUT2D eigenvalue weighted by molar-refractivity contribution is -0.139. The number of hydrazone groups is 1. The Balaban J connectivity index is 1.81. The van der Waals surface area contributed by atoms with Gasteiger partial charge in [-0.2, -0.15) is 5.10 Å². The van der Waals surface area contributed by atoms with Gasteiger partial charge in [0.1, 0.15) is 5.75 Å². The van der Waals surface area contributed by atoms with Crippen molar-refractivity contribution in [1.29, 1.82) is 0 Å². The molecule has 0 unspecified atom stereocenters. The Morgan fingerprint density at radius 3 is 2.63 bits per heavy atom. The molecule has 0 fully saturated rings. The van der Waals surface area contributed by atoms with Crippen molar-refractivity contribution in [3.05, 3.63) is 59.7 Å². The zero-order valence-electron chi connectivity index (χ0n) is 17.1. The Kier molecular flexibility index (Phi) is 9.05. The van der Waals surface area contributed by atoms with E-state index in [4.69, 9.17) is 4.74 Å². The third-order valence-electron chi connectivity index (χ3n) is 3.93. The summed E-state index contributed by atoms with van der Waals surface area (Å²) in [5, 5.41) is 9.04. The van der Waals surface area contributed by atoms with Crippen LogP contribution in [-0.4, -0.2) is 37.1 Å². The smallest absolute Gasteiger partial charge is 0.329 e. The molecule has 0 aliphatic heterocycles. The van der Waals surface area contributed by atoms with E-state index in [0.29, 0.717) is 23.5 Å². The molecule has 0 bridgehead atoms. The Bertz CT molecular complexity index is 912. The molecule has 0 saturated heterocycles.